The van der Waals surface area contributed by atoms with Crippen molar-refractivity contribution in [1.82, 2.24) is 5.32 Å². The zero-order chi connectivity index (χ0) is 13.1. The van der Waals surface area contributed by atoms with E-state index >= 15 is 0 Å². The summed E-state index contributed by atoms with van der Waals surface area (Å²) in [7, 11) is 0. The maximum atomic E-state index is 11.8. The minimum atomic E-state index is -0.990. The van der Waals surface area contributed by atoms with Crippen molar-refractivity contribution in [2.75, 3.05) is 0 Å². The molecule has 96 valence electrons. The third-order valence-electron chi connectivity index (χ3n) is 3.34. The Morgan fingerprint density at radius 3 is 2.61 bits per heavy atom. The van der Waals surface area contributed by atoms with Crippen LogP contribution in [0.15, 0.2) is 24.3 Å². The van der Waals surface area contributed by atoms with Crippen molar-refractivity contribution in [3.8, 4) is 0 Å². The van der Waals surface area contributed by atoms with Crippen molar-refractivity contribution >= 4 is 11.9 Å². The van der Waals surface area contributed by atoms with Crippen molar-refractivity contribution in [1.29, 1.82) is 0 Å². The molecule has 4 nitrogen and oxygen atoms in total. The van der Waals surface area contributed by atoms with Gasteiger partial charge in [-0.2, -0.15) is 0 Å². The molecule has 2 rings (SSSR count). The Balaban J connectivity index is 1.96. The largest absolute Gasteiger partial charge is 0.478 e. The molecule has 4 heteroatoms. The lowest BCUT2D eigenvalue weighted by Gasteiger charge is -2.33. The van der Waals surface area contributed by atoms with Crippen LogP contribution >= 0.6 is 0 Å². The summed E-state index contributed by atoms with van der Waals surface area (Å²) in [6.45, 7) is 2.16. The van der Waals surface area contributed by atoms with Crippen molar-refractivity contribution in [2.45, 2.75) is 32.2 Å². The number of hydrogen-bond acceptors (Lipinski definition) is 2. The molecule has 1 aromatic rings. The molecule has 0 aliphatic heterocycles. The second-order valence-corrected chi connectivity index (χ2v) is 4.98. The Morgan fingerprint density at radius 1 is 1.33 bits per heavy atom. The van der Waals surface area contributed by atoms with Crippen LogP contribution in [0.2, 0.25) is 0 Å². The van der Waals surface area contributed by atoms with E-state index in [-0.39, 0.29) is 23.9 Å². The van der Waals surface area contributed by atoms with Crippen LogP contribution < -0.4 is 5.32 Å². The minimum absolute atomic E-state index is 0.0967. The molecule has 1 aliphatic rings. The van der Waals surface area contributed by atoms with Gasteiger partial charge in [-0.15, -0.1) is 0 Å². The number of rotatable bonds is 4. The van der Waals surface area contributed by atoms with Gasteiger partial charge in [0.2, 0.25) is 5.91 Å². The van der Waals surface area contributed by atoms with Gasteiger partial charge in [-0.05, 0) is 30.4 Å². The number of carboxylic acid groups (broad SMARTS) is 1. The number of benzene rings is 1. The second kappa shape index (κ2) is 5.21. The summed E-state index contributed by atoms with van der Waals surface area (Å²) in [6.07, 6.45) is 2.17. The fourth-order valence-corrected chi connectivity index (χ4v) is 2.35. The number of nitrogens with one attached hydrogen (secondary N) is 1. The number of carboxylic acids is 1. The van der Waals surface area contributed by atoms with Crippen LogP contribution in [-0.4, -0.2) is 23.0 Å². The molecule has 0 unspecified atom stereocenters. The monoisotopic (exact) mass is 247 g/mol. The molecule has 1 aliphatic carbocycles. The second-order valence-electron chi connectivity index (χ2n) is 4.98. The molecule has 0 aromatic heterocycles. The summed E-state index contributed by atoms with van der Waals surface area (Å²) >= 11 is 0. The average Bonchev–Trinajstić information content (AvgIpc) is 2.27. The first-order valence-electron chi connectivity index (χ1n) is 6.17. The highest BCUT2D eigenvalue weighted by Crippen LogP contribution is 2.26. The maximum absolute atomic E-state index is 11.8. The van der Waals surface area contributed by atoms with Crippen LogP contribution in [0, 0.1) is 5.92 Å². The van der Waals surface area contributed by atoms with Crippen LogP contribution in [0.25, 0.3) is 0 Å². The molecule has 0 saturated heterocycles. The number of carbonyl (C=O) groups excluding carboxylic acids is 1. The Kier molecular flexibility index (Phi) is 3.65. The molecule has 1 amide bonds. The van der Waals surface area contributed by atoms with Gasteiger partial charge in [-0.1, -0.05) is 25.1 Å². The number of hydrogen-bond donors (Lipinski definition) is 2. The Bertz CT molecular complexity index is 464. The molecule has 0 radical (unpaired) electrons. The average molecular weight is 247 g/mol. The summed E-state index contributed by atoms with van der Waals surface area (Å²) < 4.78 is 0. The van der Waals surface area contributed by atoms with E-state index in [2.05, 4.69) is 12.2 Å². The molecule has 1 fully saturated rings. The van der Waals surface area contributed by atoms with Crippen LogP contribution in [0.1, 0.15) is 35.7 Å². The van der Waals surface area contributed by atoms with Crippen molar-refractivity contribution in [3.05, 3.63) is 35.4 Å². The fraction of sp³-hybridized carbons (Fsp3) is 0.429. The summed E-state index contributed by atoms with van der Waals surface area (Å²) in [6, 6.07) is 6.89. The van der Waals surface area contributed by atoms with E-state index in [4.69, 9.17) is 5.11 Å². The molecule has 2 N–H and O–H groups in total. The van der Waals surface area contributed by atoms with Crippen LogP contribution in [0.4, 0.5) is 0 Å². The van der Waals surface area contributed by atoms with Gasteiger partial charge >= 0.3 is 5.97 Å². The molecule has 1 aromatic carbocycles. The van der Waals surface area contributed by atoms with E-state index in [1.807, 2.05) is 0 Å². The first-order valence-corrected chi connectivity index (χ1v) is 6.17. The molecule has 0 spiro atoms. The van der Waals surface area contributed by atoms with Crippen LogP contribution in [0.5, 0.6) is 0 Å². The summed E-state index contributed by atoms with van der Waals surface area (Å²) in [5.74, 6) is -0.405. The molecule has 0 bridgehead atoms. The summed E-state index contributed by atoms with van der Waals surface area (Å²) in [5.41, 5.74) is 0.768. The van der Waals surface area contributed by atoms with Gasteiger partial charge < -0.3 is 10.4 Å². The van der Waals surface area contributed by atoms with E-state index in [1.165, 1.54) is 6.07 Å². The zero-order valence-corrected chi connectivity index (χ0v) is 10.3. The summed E-state index contributed by atoms with van der Waals surface area (Å²) in [5, 5.41) is 12.0. The third kappa shape index (κ3) is 2.88. The smallest absolute Gasteiger partial charge is 0.335 e. The minimum Gasteiger partial charge on any atom is -0.478 e. The van der Waals surface area contributed by atoms with Gasteiger partial charge in [0.25, 0.3) is 0 Å². The molecular weight excluding hydrogens is 230 g/mol. The molecule has 0 atom stereocenters. The van der Waals surface area contributed by atoms with Crippen molar-refractivity contribution in [2.24, 2.45) is 5.92 Å². The zero-order valence-electron chi connectivity index (χ0n) is 10.3. The van der Waals surface area contributed by atoms with Crippen molar-refractivity contribution in [3.63, 3.8) is 0 Å². The van der Waals surface area contributed by atoms with Crippen molar-refractivity contribution < 1.29 is 14.7 Å². The highest BCUT2D eigenvalue weighted by atomic mass is 16.4. The first-order chi connectivity index (χ1) is 8.56. The quantitative estimate of drug-likeness (QED) is 0.853. The fourth-order valence-electron chi connectivity index (χ4n) is 2.35. The molecule has 1 saturated carbocycles. The molecule has 0 heterocycles. The first kappa shape index (κ1) is 12.6. The maximum Gasteiger partial charge on any atom is 0.335 e. The highest BCUT2D eigenvalue weighted by molar-refractivity contribution is 5.91. The van der Waals surface area contributed by atoms with Gasteiger partial charge in [0.05, 0.1) is 12.0 Å². The van der Waals surface area contributed by atoms with E-state index < -0.39 is 5.97 Å². The van der Waals surface area contributed by atoms with Gasteiger partial charge in [0.1, 0.15) is 0 Å². The topological polar surface area (TPSA) is 66.4 Å². The van der Waals surface area contributed by atoms with Gasteiger partial charge in [0, 0.05) is 6.04 Å². The van der Waals surface area contributed by atoms with Crippen LogP contribution in [-0.2, 0) is 11.2 Å². The lowest BCUT2D eigenvalue weighted by Crippen LogP contribution is -2.44. The Labute approximate surface area is 106 Å². The third-order valence-corrected chi connectivity index (χ3v) is 3.34. The lowest BCUT2D eigenvalue weighted by atomic mass is 9.82. The van der Waals surface area contributed by atoms with Crippen LogP contribution in [0.3, 0.4) is 0 Å². The van der Waals surface area contributed by atoms with Gasteiger partial charge in [0.15, 0.2) is 0 Å². The van der Waals surface area contributed by atoms with E-state index in [9.17, 15) is 9.59 Å². The lowest BCUT2D eigenvalue weighted by molar-refractivity contribution is -0.121. The van der Waals surface area contributed by atoms with Gasteiger partial charge in [-0.3, -0.25) is 4.79 Å². The normalized spacial score (nSPS) is 22.1. The highest BCUT2D eigenvalue weighted by Gasteiger charge is 2.26. The number of carbonyl (C=O) groups is 2. The van der Waals surface area contributed by atoms with E-state index in [0.29, 0.717) is 11.5 Å². The molecule has 18 heavy (non-hydrogen) atoms. The van der Waals surface area contributed by atoms with Gasteiger partial charge in [-0.25, -0.2) is 4.79 Å². The predicted octanol–water partition coefficient (Wildman–Crippen LogP) is 1.84. The Morgan fingerprint density at radius 2 is 2.00 bits per heavy atom. The SMILES string of the molecule is CC1CC(NC(=O)Cc2ccccc2C(=O)O)C1. The standard InChI is InChI=1S/C14H17NO3/c1-9-6-11(7-9)15-13(16)8-10-4-2-3-5-12(10)14(17)18/h2-5,9,11H,6-8H2,1H3,(H,15,16)(H,17,18). The van der Waals surface area contributed by atoms with E-state index in [1.54, 1.807) is 18.2 Å². The number of aromatic carboxylic acids is 1. The number of amides is 1. The molecular formula is C14H17NO3. The Hall–Kier alpha value is -1.84. The summed E-state index contributed by atoms with van der Waals surface area (Å²) in [4.78, 5) is 22.8. The van der Waals surface area contributed by atoms with E-state index in [0.717, 1.165) is 12.8 Å². The predicted molar refractivity (Wildman–Crippen MR) is 67.4 cm³/mol.